The van der Waals surface area contributed by atoms with Crippen LogP contribution in [-0.4, -0.2) is 44.7 Å². The first-order chi connectivity index (χ1) is 14.2. The fourth-order valence-corrected chi connectivity index (χ4v) is 3.60. The summed E-state index contributed by atoms with van der Waals surface area (Å²) in [7, 11) is 3.51. The highest BCUT2D eigenvalue weighted by molar-refractivity contribution is 5.75. The van der Waals surface area contributed by atoms with Gasteiger partial charge in [0.15, 0.2) is 0 Å². The van der Waals surface area contributed by atoms with E-state index < -0.39 is 0 Å². The first-order valence-electron chi connectivity index (χ1n) is 10.5. The molecule has 0 bridgehead atoms. The van der Waals surface area contributed by atoms with E-state index in [2.05, 4.69) is 29.2 Å². The Kier molecular flexibility index (Phi) is 7.79. The number of hydrogen-bond acceptors (Lipinski definition) is 4. The fraction of sp³-hybridized carbons (Fsp3) is 0.458. The van der Waals surface area contributed by atoms with Crippen LogP contribution in [-0.2, 0) is 11.3 Å². The number of carbonyl (C=O) groups excluding carboxylic acids is 1. The van der Waals surface area contributed by atoms with Gasteiger partial charge in [-0.15, -0.1) is 0 Å². The second-order valence-corrected chi connectivity index (χ2v) is 7.59. The number of hydrogen-bond donors (Lipinski definition) is 0. The monoisotopic (exact) mass is 396 g/mol. The van der Waals surface area contributed by atoms with E-state index in [1.54, 1.807) is 12.0 Å². The molecule has 0 atom stereocenters. The number of nitrogens with zero attached hydrogens (tertiary/aromatic N) is 2. The maximum Gasteiger partial charge on any atom is 0.222 e. The van der Waals surface area contributed by atoms with Crippen LogP contribution in [0.2, 0.25) is 0 Å². The Bertz CT molecular complexity index is 753. The highest BCUT2D eigenvalue weighted by Crippen LogP contribution is 2.21. The zero-order chi connectivity index (χ0) is 20.5. The summed E-state index contributed by atoms with van der Waals surface area (Å²) in [5.74, 6) is 1.74. The van der Waals surface area contributed by atoms with Gasteiger partial charge in [-0.05, 0) is 67.6 Å². The van der Waals surface area contributed by atoms with E-state index in [1.807, 2.05) is 31.3 Å². The topological polar surface area (TPSA) is 42.0 Å². The first-order valence-corrected chi connectivity index (χ1v) is 10.5. The Hall–Kier alpha value is -2.69. The number of anilines is 1. The van der Waals surface area contributed by atoms with Gasteiger partial charge >= 0.3 is 0 Å². The van der Waals surface area contributed by atoms with Crippen LogP contribution in [0.5, 0.6) is 11.5 Å². The smallest absolute Gasteiger partial charge is 0.222 e. The zero-order valence-corrected chi connectivity index (χ0v) is 17.6. The van der Waals surface area contributed by atoms with E-state index in [9.17, 15) is 4.79 Å². The molecule has 0 N–H and O–H groups in total. The predicted octanol–water partition coefficient (Wildman–Crippen LogP) is 4.50. The summed E-state index contributed by atoms with van der Waals surface area (Å²) in [6, 6.07) is 16.1. The molecule has 0 saturated carbocycles. The van der Waals surface area contributed by atoms with Gasteiger partial charge in [0.25, 0.3) is 0 Å². The molecule has 3 rings (SSSR count). The largest absolute Gasteiger partial charge is 0.497 e. The Balaban J connectivity index is 1.38. The molecule has 0 spiro atoms. The Morgan fingerprint density at radius 2 is 1.62 bits per heavy atom. The van der Waals surface area contributed by atoms with Crippen molar-refractivity contribution in [3.63, 3.8) is 0 Å². The molecule has 29 heavy (non-hydrogen) atoms. The van der Waals surface area contributed by atoms with Gasteiger partial charge in [0.05, 0.1) is 13.7 Å². The molecule has 2 aromatic rings. The minimum absolute atomic E-state index is 0.142. The van der Waals surface area contributed by atoms with Crippen LogP contribution >= 0.6 is 0 Å². The van der Waals surface area contributed by atoms with Crippen molar-refractivity contribution in [2.45, 2.75) is 38.6 Å². The van der Waals surface area contributed by atoms with Gasteiger partial charge in [-0.3, -0.25) is 4.79 Å². The number of rotatable bonds is 9. The van der Waals surface area contributed by atoms with Gasteiger partial charge in [-0.25, -0.2) is 0 Å². The summed E-state index contributed by atoms with van der Waals surface area (Å²) in [6.07, 6.45) is 5.08. The van der Waals surface area contributed by atoms with E-state index in [0.717, 1.165) is 30.2 Å². The molecular formula is C24H32N2O3. The van der Waals surface area contributed by atoms with Gasteiger partial charge < -0.3 is 19.3 Å². The lowest BCUT2D eigenvalue weighted by Gasteiger charge is -2.29. The zero-order valence-electron chi connectivity index (χ0n) is 17.6. The molecule has 2 aromatic carbocycles. The summed E-state index contributed by atoms with van der Waals surface area (Å²) in [4.78, 5) is 16.6. The molecule has 1 heterocycles. The third-order valence-electron chi connectivity index (χ3n) is 5.37. The third kappa shape index (κ3) is 6.41. The highest BCUT2D eigenvalue weighted by Gasteiger charge is 2.12. The standard InChI is InChI=1S/C24H32N2O3/c1-25(19-20-8-10-21(11-9-20)26-16-4-3-5-17-26)24(27)7-6-18-29-23-14-12-22(28-2)13-15-23/h8-15H,3-7,16-19H2,1-2H3. The minimum Gasteiger partial charge on any atom is -0.497 e. The van der Waals surface area contributed by atoms with Crippen molar-refractivity contribution < 1.29 is 14.3 Å². The summed E-state index contributed by atoms with van der Waals surface area (Å²) >= 11 is 0. The van der Waals surface area contributed by atoms with Gasteiger partial charge in [0, 0.05) is 38.8 Å². The molecule has 1 aliphatic rings. The fourth-order valence-electron chi connectivity index (χ4n) is 3.60. The first kappa shape index (κ1) is 21.0. The summed E-state index contributed by atoms with van der Waals surface area (Å²) in [6.45, 7) is 3.46. The summed E-state index contributed by atoms with van der Waals surface area (Å²) < 4.78 is 10.8. The number of amides is 1. The van der Waals surface area contributed by atoms with Gasteiger partial charge in [0.2, 0.25) is 5.91 Å². The molecule has 0 aromatic heterocycles. The van der Waals surface area contributed by atoms with Crippen LogP contribution in [0.3, 0.4) is 0 Å². The number of carbonyl (C=O) groups is 1. The molecule has 0 radical (unpaired) electrons. The third-order valence-corrected chi connectivity index (χ3v) is 5.37. The minimum atomic E-state index is 0.142. The van der Waals surface area contributed by atoms with Crippen LogP contribution < -0.4 is 14.4 Å². The van der Waals surface area contributed by atoms with E-state index in [4.69, 9.17) is 9.47 Å². The average molecular weight is 397 g/mol. The van der Waals surface area contributed by atoms with E-state index in [0.29, 0.717) is 26.0 Å². The van der Waals surface area contributed by atoms with E-state index >= 15 is 0 Å². The van der Waals surface area contributed by atoms with Gasteiger partial charge in [-0.2, -0.15) is 0 Å². The van der Waals surface area contributed by atoms with Gasteiger partial charge in [0.1, 0.15) is 11.5 Å². The molecule has 1 saturated heterocycles. The van der Waals surface area contributed by atoms with Crippen LogP contribution in [0.25, 0.3) is 0 Å². The number of ether oxygens (including phenoxy) is 2. The normalized spacial score (nSPS) is 13.8. The molecule has 0 aliphatic carbocycles. The molecular weight excluding hydrogens is 364 g/mol. The van der Waals surface area contributed by atoms with Crippen molar-refractivity contribution in [3.05, 3.63) is 54.1 Å². The second-order valence-electron chi connectivity index (χ2n) is 7.59. The molecule has 1 amide bonds. The Labute approximate surface area is 174 Å². The lowest BCUT2D eigenvalue weighted by Crippen LogP contribution is -2.29. The van der Waals surface area contributed by atoms with Crippen LogP contribution in [0.1, 0.15) is 37.7 Å². The SMILES string of the molecule is COc1ccc(OCCCC(=O)N(C)Cc2ccc(N3CCCCC3)cc2)cc1. The highest BCUT2D eigenvalue weighted by atomic mass is 16.5. The van der Waals surface area contributed by atoms with Crippen LogP contribution in [0.4, 0.5) is 5.69 Å². The van der Waals surface area contributed by atoms with Crippen molar-refractivity contribution in [3.8, 4) is 11.5 Å². The maximum atomic E-state index is 12.4. The van der Waals surface area contributed by atoms with Crippen molar-refractivity contribution in [1.29, 1.82) is 0 Å². The predicted molar refractivity (Wildman–Crippen MR) is 117 cm³/mol. The quantitative estimate of drug-likeness (QED) is 0.585. The lowest BCUT2D eigenvalue weighted by atomic mass is 10.1. The maximum absolute atomic E-state index is 12.4. The van der Waals surface area contributed by atoms with E-state index in [1.165, 1.54) is 24.9 Å². The number of benzene rings is 2. The summed E-state index contributed by atoms with van der Waals surface area (Å²) in [5.41, 5.74) is 2.45. The molecule has 1 aliphatic heterocycles. The molecule has 156 valence electrons. The molecule has 1 fully saturated rings. The molecule has 5 nitrogen and oxygen atoms in total. The molecule has 0 unspecified atom stereocenters. The Morgan fingerprint density at radius 3 is 2.28 bits per heavy atom. The Morgan fingerprint density at radius 1 is 0.966 bits per heavy atom. The van der Waals surface area contributed by atoms with Gasteiger partial charge in [-0.1, -0.05) is 12.1 Å². The second kappa shape index (κ2) is 10.7. The van der Waals surface area contributed by atoms with Crippen molar-refractivity contribution >= 4 is 11.6 Å². The molecule has 5 heteroatoms. The summed E-state index contributed by atoms with van der Waals surface area (Å²) in [5, 5.41) is 0. The van der Waals surface area contributed by atoms with Crippen molar-refractivity contribution in [2.75, 3.05) is 38.8 Å². The van der Waals surface area contributed by atoms with Crippen LogP contribution in [0, 0.1) is 0 Å². The lowest BCUT2D eigenvalue weighted by molar-refractivity contribution is -0.130. The van der Waals surface area contributed by atoms with Crippen molar-refractivity contribution in [2.24, 2.45) is 0 Å². The van der Waals surface area contributed by atoms with E-state index in [-0.39, 0.29) is 5.91 Å². The number of methoxy groups -OCH3 is 1. The number of piperidine rings is 1. The average Bonchev–Trinajstić information content (AvgIpc) is 2.78. The van der Waals surface area contributed by atoms with Crippen LogP contribution in [0.15, 0.2) is 48.5 Å². The van der Waals surface area contributed by atoms with Crippen molar-refractivity contribution in [1.82, 2.24) is 4.90 Å².